The highest BCUT2D eigenvalue weighted by atomic mass is 15.2. The van der Waals surface area contributed by atoms with Gasteiger partial charge in [-0.25, -0.2) is 0 Å². The second kappa shape index (κ2) is 3.80. The normalized spacial score (nSPS) is 43.3. The van der Waals surface area contributed by atoms with Crippen molar-refractivity contribution in [3.8, 4) is 0 Å². The van der Waals surface area contributed by atoms with Crippen molar-refractivity contribution in [2.24, 2.45) is 17.8 Å². The lowest BCUT2D eigenvalue weighted by Gasteiger charge is -2.20. The molecule has 0 aromatic rings. The van der Waals surface area contributed by atoms with Gasteiger partial charge in [0.1, 0.15) is 0 Å². The Labute approximate surface area is 86.2 Å². The Balaban J connectivity index is 1.50. The molecule has 80 valence electrons. The summed E-state index contributed by atoms with van der Waals surface area (Å²) in [5.41, 5.74) is 0. The molecule has 0 amide bonds. The Morgan fingerprint density at radius 1 is 1.00 bits per heavy atom. The highest BCUT2D eigenvalue weighted by molar-refractivity contribution is 4.92. The summed E-state index contributed by atoms with van der Waals surface area (Å²) in [6.45, 7) is 9.09. The first kappa shape index (κ1) is 9.13. The minimum atomic E-state index is 0.932. The van der Waals surface area contributed by atoms with Crippen molar-refractivity contribution in [2.75, 3.05) is 45.8 Å². The van der Waals surface area contributed by atoms with E-state index in [-0.39, 0.29) is 0 Å². The molecule has 3 heteroatoms. The summed E-state index contributed by atoms with van der Waals surface area (Å²) in [6, 6.07) is 0. The third kappa shape index (κ3) is 1.69. The highest BCUT2D eigenvalue weighted by Gasteiger charge is 2.36. The van der Waals surface area contributed by atoms with E-state index >= 15 is 0 Å². The monoisotopic (exact) mass is 195 g/mol. The van der Waals surface area contributed by atoms with Gasteiger partial charge in [-0.2, -0.15) is 0 Å². The summed E-state index contributed by atoms with van der Waals surface area (Å²) in [5.74, 6) is 2.86. The molecule has 0 spiro atoms. The fraction of sp³-hybridized carbons (Fsp3) is 1.00. The van der Waals surface area contributed by atoms with Crippen LogP contribution in [-0.2, 0) is 0 Å². The van der Waals surface area contributed by atoms with Crippen LogP contribution in [0.3, 0.4) is 0 Å². The van der Waals surface area contributed by atoms with Crippen molar-refractivity contribution < 1.29 is 0 Å². The van der Waals surface area contributed by atoms with Crippen LogP contribution in [0.2, 0.25) is 0 Å². The summed E-state index contributed by atoms with van der Waals surface area (Å²) in [6.07, 6.45) is 1.39. The van der Waals surface area contributed by atoms with E-state index in [1.54, 1.807) is 0 Å². The standard InChI is InChI=1S/C11H21N3/c1-2-12-3-9(1)6-14-7-10-4-13-5-11(10)8-14/h9-13H,1-8H2/t9?,10-,11+. The van der Waals surface area contributed by atoms with Crippen molar-refractivity contribution >= 4 is 0 Å². The van der Waals surface area contributed by atoms with E-state index in [0.29, 0.717) is 0 Å². The summed E-state index contributed by atoms with van der Waals surface area (Å²) in [7, 11) is 0. The Hall–Kier alpha value is -0.120. The van der Waals surface area contributed by atoms with Gasteiger partial charge < -0.3 is 15.5 Å². The molecular formula is C11H21N3. The minimum Gasteiger partial charge on any atom is -0.316 e. The second-order valence-corrected chi connectivity index (χ2v) is 5.26. The van der Waals surface area contributed by atoms with Gasteiger partial charge >= 0.3 is 0 Å². The third-order valence-corrected chi connectivity index (χ3v) is 4.14. The summed E-state index contributed by atoms with van der Waals surface area (Å²) in [5, 5.41) is 6.96. The molecule has 3 rings (SSSR count). The van der Waals surface area contributed by atoms with Crippen molar-refractivity contribution in [1.29, 1.82) is 0 Å². The fourth-order valence-corrected chi connectivity index (χ4v) is 3.34. The molecule has 2 N–H and O–H groups in total. The van der Waals surface area contributed by atoms with Crippen molar-refractivity contribution in [3.63, 3.8) is 0 Å². The number of fused-ring (bicyclic) bond motifs is 1. The molecule has 0 saturated carbocycles. The van der Waals surface area contributed by atoms with E-state index < -0.39 is 0 Å². The van der Waals surface area contributed by atoms with Crippen LogP contribution in [0.4, 0.5) is 0 Å². The molecule has 3 aliphatic heterocycles. The van der Waals surface area contributed by atoms with Crippen LogP contribution < -0.4 is 10.6 Å². The lowest BCUT2D eigenvalue weighted by atomic mass is 10.0. The molecule has 3 aliphatic rings. The van der Waals surface area contributed by atoms with Crippen LogP contribution >= 0.6 is 0 Å². The van der Waals surface area contributed by atoms with E-state index in [4.69, 9.17) is 0 Å². The van der Waals surface area contributed by atoms with Gasteiger partial charge in [-0.15, -0.1) is 0 Å². The lowest BCUT2D eigenvalue weighted by molar-refractivity contribution is 0.269. The predicted octanol–water partition coefficient (Wildman–Crippen LogP) is -0.253. The number of nitrogens with zero attached hydrogens (tertiary/aromatic N) is 1. The number of likely N-dealkylation sites (tertiary alicyclic amines) is 1. The third-order valence-electron chi connectivity index (χ3n) is 4.14. The molecular weight excluding hydrogens is 174 g/mol. The molecule has 0 aliphatic carbocycles. The zero-order valence-corrected chi connectivity index (χ0v) is 8.84. The van der Waals surface area contributed by atoms with E-state index in [9.17, 15) is 0 Å². The van der Waals surface area contributed by atoms with E-state index in [0.717, 1.165) is 17.8 Å². The Bertz CT molecular complexity index is 189. The second-order valence-electron chi connectivity index (χ2n) is 5.26. The van der Waals surface area contributed by atoms with Gasteiger partial charge in [-0.3, -0.25) is 0 Å². The first-order valence-corrected chi connectivity index (χ1v) is 6.05. The van der Waals surface area contributed by atoms with E-state index in [2.05, 4.69) is 15.5 Å². The van der Waals surface area contributed by atoms with Crippen LogP contribution in [0, 0.1) is 17.8 Å². The molecule has 3 saturated heterocycles. The summed E-state index contributed by atoms with van der Waals surface area (Å²) >= 11 is 0. The number of rotatable bonds is 2. The van der Waals surface area contributed by atoms with Gasteiger partial charge in [0.2, 0.25) is 0 Å². The first-order valence-electron chi connectivity index (χ1n) is 6.05. The molecule has 3 nitrogen and oxygen atoms in total. The zero-order chi connectivity index (χ0) is 9.38. The van der Waals surface area contributed by atoms with Crippen LogP contribution in [0.15, 0.2) is 0 Å². The van der Waals surface area contributed by atoms with Crippen LogP contribution in [0.5, 0.6) is 0 Å². The maximum absolute atomic E-state index is 3.50. The molecule has 3 fully saturated rings. The van der Waals surface area contributed by atoms with Crippen molar-refractivity contribution in [1.82, 2.24) is 15.5 Å². The molecule has 3 atom stereocenters. The maximum Gasteiger partial charge on any atom is 0.00257 e. The van der Waals surface area contributed by atoms with Gasteiger partial charge in [0.15, 0.2) is 0 Å². The topological polar surface area (TPSA) is 27.3 Å². The van der Waals surface area contributed by atoms with Crippen LogP contribution in [0.25, 0.3) is 0 Å². The minimum absolute atomic E-state index is 0.932. The smallest absolute Gasteiger partial charge is 0.00257 e. The molecule has 0 aromatic carbocycles. The summed E-state index contributed by atoms with van der Waals surface area (Å²) < 4.78 is 0. The van der Waals surface area contributed by atoms with Gasteiger partial charge in [-0.1, -0.05) is 0 Å². The van der Waals surface area contributed by atoms with Crippen LogP contribution in [-0.4, -0.2) is 50.7 Å². The van der Waals surface area contributed by atoms with Gasteiger partial charge in [0.05, 0.1) is 0 Å². The molecule has 3 heterocycles. The Morgan fingerprint density at radius 2 is 1.79 bits per heavy atom. The zero-order valence-electron chi connectivity index (χ0n) is 8.84. The van der Waals surface area contributed by atoms with Crippen molar-refractivity contribution in [3.05, 3.63) is 0 Å². The fourth-order valence-electron chi connectivity index (χ4n) is 3.34. The molecule has 0 aromatic heterocycles. The molecule has 0 radical (unpaired) electrons. The summed E-state index contributed by atoms with van der Waals surface area (Å²) in [4.78, 5) is 2.70. The SMILES string of the molecule is C1CC(CN2C[C@H]3CNC[C@H]3C2)CN1. The van der Waals surface area contributed by atoms with Gasteiger partial charge in [0.25, 0.3) is 0 Å². The predicted molar refractivity (Wildman–Crippen MR) is 57.3 cm³/mol. The highest BCUT2D eigenvalue weighted by Crippen LogP contribution is 2.27. The molecule has 14 heavy (non-hydrogen) atoms. The van der Waals surface area contributed by atoms with E-state index in [1.807, 2.05) is 0 Å². The average Bonchev–Trinajstić information content (AvgIpc) is 2.78. The number of hydrogen-bond donors (Lipinski definition) is 2. The number of nitrogens with one attached hydrogen (secondary N) is 2. The van der Waals surface area contributed by atoms with E-state index in [1.165, 1.54) is 52.2 Å². The van der Waals surface area contributed by atoms with Gasteiger partial charge in [0, 0.05) is 19.6 Å². The molecule has 1 unspecified atom stereocenters. The van der Waals surface area contributed by atoms with Crippen molar-refractivity contribution in [2.45, 2.75) is 6.42 Å². The Morgan fingerprint density at radius 3 is 2.43 bits per heavy atom. The Kier molecular flexibility index (Phi) is 2.48. The maximum atomic E-state index is 3.50. The first-order chi connectivity index (χ1) is 6.92. The lowest BCUT2D eigenvalue weighted by Crippen LogP contribution is -2.31. The van der Waals surface area contributed by atoms with Gasteiger partial charge in [-0.05, 0) is 50.4 Å². The quantitative estimate of drug-likeness (QED) is 0.636. The number of hydrogen-bond acceptors (Lipinski definition) is 3. The average molecular weight is 195 g/mol. The largest absolute Gasteiger partial charge is 0.316 e. The molecule has 0 bridgehead atoms. The van der Waals surface area contributed by atoms with Crippen LogP contribution in [0.1, 0.15) is 6.42 Å².